The monoisotopic (exact) mass is 231 g/mol. The van der Waals surface area contributed by atoms with Crippen molar-refractivity contribution in [1.82, 2.24) is 4.90 Å². The molecule has 1 heterocycles. The molecule has 1 atom stereocenters. The van der Waals surface area contributed by atoms with Crippen LogP contribution in [-0.2, 0) is 0 Å². The van der Waals surface area contributed by atoms with Crippen molar-refractivity contribution in [3.05, 3.63) is 41.5 Å². The lowest BCUT2D eigenvalue weighted by Gasteiger charge is -2.24. The highest BCUT2D eigenvalue weighted by atomic mass is 15.2. The van der Waals surface area contributed by atoms with E-state index in [1.165, 1.54) is 28.8 Å². The number of aryl methyl sites for hydroxylation is 1. The van der Waals surface area contributed by atoms with Crippen molar-refractivity contribution < 1.29 is 0 Å². The topological polar surface area (TPSA) is 3.24 Å². The largest absolute Gasteiger partial charge is 0.365 e. The van der Waals surface area contributed by atoms with Crippen LogP contribution in [0.5, 0.6) is 0 Å². The molecular weight excluding hydrogens is 206 g/mol. The summed E-state index contributed by atoms with van der Waals surface area (Å²) in [5.41, 5.74) is 5.37. The molecule has 1 unspecified atom stereocenters. The molecular formula is C16H25N. The average molecular weight is 231 g/mol. The third kappa shape index (κ3) is 2.38. The van der Waals surface area contributed by atoms with Crippen LogP contribution >= 0.6 is 0 Å². The minimum Gasteiger partial charge on any atom is -0.365 e. The standard InChI is InChI=1S/C14H19N.C2H6/c1-5-9-15-11(3)13-8-6-7-10(2)14(13)12(15)4;1-2/h6-8,11H,4-5,9H2,1-3H3;1-2H3. The van der Waals surface area contributed by atoms with Gasteiger partial charge in [-0.25, -0.2) is 0 Å². The predicted octanol–water partition coefficient (Wildman–Crippen LogP) is 4.78. The average Bonchev–Trinajstić information content (AvgIpc) is 2.59. The first kappa shape index (κ1) is 13.8. The first-order valence-electron chi connectivity index (χ1n) is 6.72. The minimum atomic E-state index is 0.493. The second-order valence-electron chi connectivity index (χ2n) is 4.36. The molecule has 1 aromatic rings. The van der Waals surface area contributed by atoms with Gasteiger partial charge in [-0.05, 0) is 31.4 Å². The molecule has 2 rings (SSSR count). The van der Waals surface area contributed by atoms with E-state index in [4.69, 9.17) is 0 Å². The second kappa shape index (κ2) is 5.90. The van der Waals surface area contributed by atoms with Crippen molar-refractivity contribution in [2.75, 3.05) is 6.54 Å². The van der Waals surface area contributed by atoms with Gasteiger partial charge in [-0.1, -0.05) is 45.5 Å². The van der Waals surface area contributed by atoms with E-state index in [-0.39, 0.29) is 0 Å². The third-order valence-corrected chi connectivity index (χ3v) is 3.32. The van der Waals surface area contributed by atoms with Crippen LogP contribution in [-0.4, -0.2) is 11.4 Å². The molecule has 0 bridgehead atoms. The van der Waals surface area contributed by atoms with Crippen molar-refractivity contribution in [2.45, 2.75) is 47.1 Å². The summed E-state index contributed by atoms with van der Waals surface area (Å²) < 4.78 is 0. The summed E-state index contributed by atoms with van der Waals surface area (Å²) in [6.07, 6.45) is 1.18. The maximum Gasteiger partial charge on any atom is 0.0521 e. The molecule has 0 spiro atoms. The SMILES string of the molecule is C=C1c2c(C)cccc2C(C)N1CCC.CC. The Bertz CT molecular complexity index is 393. The molecule has 1 nitrogen and oxygen atoms in total. The Morgan fingerprint density at radius 1 is 1.29 bits per heavy atom. The Balaban J connectivity index is 0.000000686. The molecule has 94 valence electrons. The number of hydrogen-bond acceptors (Lipinski definition) is 1. The van der Waals surface area contributed by atoms with E-state index < -0.39 is 0 Å². The molecule has 1 aliphatic heterocycles. The van der Waals surface area contributed by atoms with E-state index in [9.17, 15) is 0 Å². The van der Waals surface area contributed by atoms with Crippen molar-refractivity contribution in [3.8, 4) is 0 Å². The highest BCUT2D eigenvalue weighted by Crippen LogP contribution is 2.41. The summed E-state index contributed by atoms with van der Waals surface area (Å²) in [6.45, 7) is 16.0. The summed E-state index contributed by atoms with van der Waals surface area (Å²) in [6, 6.07) is 7.04. The van der Waals surface area contributed by atoms with Gasteiger partial charge in [0.1, 0.15) is 0 Å². The Hall–Kier alpha value is -1.24. The van der Waals surface area contributed by atoms with Crippen LogP contribution in [0.15, 0.2) is 24.8 Å². The lowest BCUT2D eigenvalue weighted by Crippen LogP contribution is -2.19. The highest BCUT2D eigenvalue weighted by Gasteiger charge is 2.29. The Kier molecular flexibility index (Phi) is 4.80. The molecule has 0 radical (unpaired) electrons. The van der Waals surface area contributed by atoms with Crippen LogP contribution in [0.3, 0.4) is 0 Å². The van der Waals surface area contributed by atoms with Gasteiger partial charge < -0.3 is 4.90 Å². The zero-order valence-corrected chi connectivity index (χ0v) is 11.9. The van der Waals surface area contributed by atoms with E-state index in [1.54, 1.807) is 0 Å². The lowest BCUT2D eigenvalue weighted by atomic mass is 10.0. The van der Waals surface area contributed by atoms with Gasteiger partial charge in [0.15, 0.2) is 0 Å². The molecule has 0 saturated heterocycles. The molecule has 1 aromatic carbocycles. The molecule has 0 aromatic heterocycles. The normalized spacial score (nSPS) is 17.6. The zero-order chi connectivity index (χ0) is 13.0. The van der Waals surface area contributed by atoms with Crippen LogP contribution in [0, 0.1) is 6.92 Å². The number of rotatable bonds is 2. The van der Waals surface area contributed by atoms with Gasteiger partial charge in [-0.15, -0.1) is 0 Å². The van der Waals surface area contributed by atoms with Crippen LogP contribution < -0.4 is 0 Å². The van der Waals surface area contributed by atoms with Gasteiger partial charge in [0, 0.05) is 17.8 Å². The molecule has 0 amide bonds. The summed E-state index contributed by atoms with van der Waals surface area (Å²) in [5.74, 6) is 0. The molecule has 1 aliphatic rings. The third-order valence-electron chi connectivity index (χ3n) is 3.32. The first-order valence-corrected chi connectivity index (χ1v) is 6.72. The fourth-order valence-corrected chi connectivity index (χ4v) is 2.55. The van der Waals surface area contributed by atoms with Gasteiger partial charge in [-0.2, -0.15) is 0 Å². The Labute approximate surface area is 106 Å². The molecule has 0 fully saturated rings. The van der Waals surface area contributed by atoms with Gasteiger partial charge in [0.2, 0.25) is 0 Å². The summed E-state index contributed by atoms with van der Waals surface area (Å²) in [4.78, 5) is 2.41. The van der Waals surface area contributed by atoms with Crippen molar-refractivity contribution in [1.29, 1.82) is 0 Å². The van der Waals surface area contributed by atoms with Crippen molar-refractivity contribution >= 4 is 5.70 Å². The molecule has 17 heavy (non-hydrogen) atoms. The van der Waals surface area contributed by atoms with Crippen LogP contribution in [0.4, 0.5) is 0 Å². The second-order valence-corrected chi connectivity index (χ2v) is 4.36. The zero-order valence-electron chi connectivity index (χ0n) is 11.9. The Morgan fingerprint density at radius 2 is 1.94 bits per heavy atom. The first-order chi connectivity index (χ1) is 8.16. The van der Waals surface area contributed by atoms with Gasteiger partial charge >= 0.3 is 0 Å². The van der Waals surface area contributed by atoms with E-state index in [2.05, 4.69) is 50.4 Å². The smallest absolute Gasteiger partial charge is 0.0521 e. The van der Waals surface area contributed by atoms with E-state index >= 15 is 0 Å². The summed E-state index contributed by atoms with van der Waals surface area (Å²) in [7, 11) is 0. The molecule has 0 saturated carbocycles. The fraction of sp³-hybridized carbons (Fsp3) is 0.500. The van der Waals surface area contributed by atoms with Crippen LogP contribution in [0.25, 0.3) is 5.70 Å². The maximum absolute atomic E-state index is 4.23. The van der Waals surface area contributed by atoms with Gasteiger partial charge in [0.05, 0.1) is 6.04 Å². The number of fused-ring (bicyclic) bond motifs is 1. The van der Waals surface area contributed by atoms with E-state index in [0.29, 0.717) is 6.04 Å². The van der Waals surface area contributed by atoms with Crippen LogP contribution in [0.2, 0.25) is 0 Å². The fourth-order valence-electron chi connectivity index (χ4n) is 2.55. The Morgan fingerprint density at radius 3 is 2.47 bits per heavy atom. The maximum atomic E-state index is 4.23. The van der Waals surface area contributed by atoms with Gasteiger partial charge in [-0.3, -0.25) is 0 Å². The predicted molar refractivity (Wildman–Crippen MR) is 77.0 cm³/mol. The van der Waals surface area contributed by atoms with Gasteiger partial charge in [0.25, 0.3) is 0 Å². The molecule has 0 N–H and O–H groups in total. The van der Waals surface area contributed by atoms with Crippen LogP contribution in [0.1, 0.15) is 56.8 Å². The van der Waals surface area contributed by atoms with Crippen molar-refractivity contribution in [3.63, 3.8) is 0 Å². The number of hydrogen-bond donors (Lipinski definition) is 0. The number of nitrogens with zero attached hydrogens (tertiary/aromatic N) is 1. The highest BCUT2D eigenvalue weighted by molar-refractivity contribution is 5.72. The minimum absolute atomic E-state index is 0.493. The lowest BCUT2D eigenvalue weighted by molar-refractivity contribution is 0.337. The molecule has 1 heteroatoms. The summed E-state index contributed by atoms with van der Waals surface area (Å²) in [5, 5.41) is 0. The molecule has 0 aliphatic carbocycles. The quantitative estimate of drug-likeness (QED) is 0.708. The van der Waals surface area contributed by atoms with E-state index in [1.807, 2.05) is 13.8 Å². The van der Waals surface area contributed by atoms with E-state index in [0.717, 1.165) is 6.54 Å². The summed E-state index contributed by atoms with van der Waals surface area (Å²) >= 11 is 0. The number of benzene rings is 1. The van der Waals surface area contributed by atoms with Crippen molar-refractivity contribution in [2.24, 2.45) is 0 Å².